The summed E-state index contributed by atoms with van der Waals surface area (Å²) in [6.07, 6.45) is 0.928. The van der Waals surface area contributed by atoms with Crippen LogP contribution in [0.15, 0.2) is 29.1 Å². The number of pyridine rings is 1. The molecule has 0 fully saturated rings. The van der Waals surface area contributed by atoms with Crippen LogP contribution in [0.4, 0.5) is 0 Å². The van der Waals surface area contributed by atoms with Gasteiger partial charge in [-0.15, -0.1) is 0 Å². The van der Waals surface area contributed by atoms with Crippen molar-refractivity contribution in [3.63, 3.8) is 0 Å². The van der Waals surface area contributed by atoms with Gasteiger partial charge in [0, 0.05) is 35.1 Å². The van der Waals surface area contributed by atoms with E-state index in [1.54, 1.807) is 19.1 Å². The van der Waals surface area contributed by atoms with Crippen molar-refractivity contribution in [3.8, 4) is 6.07 Å². The van der Waals surface area contributed by atoms with Gasteiger partial charge < -0.3 is 10.3 Å². The second kappa shape index (κ2) is 6.90. The summed E-state index contributed by atoms with van der Waals surface area (Å²) in [4.78, 5) is 27.7. The van der Waals surface area contributed by atoms with Gasteiger partial charge in [0.2, 0.25) is 5.91 Å². The Balaban J connectivity index is 2.36. The first-order valence-corrected chi connectivity index (χ1v) is 7.36. The first-order valence-electron chi connectivity index (χ1n) is 7.36. The normalized spacial score (nSPS) is 11.9. The van der Waals surface area contributed by atoms with Gasteiger partial charge in [-0.1, -0.05) is 19.1 Å². The monoisotopic (exact) mass is 297 g/mol. The van der Waals surface area contributed by atoms with Crippen LogP contribution >= 0.6 is 0 Å². The van der Waals surface area contributed by atoms with E-state index in [2.05, 4.69) is 10.3 Å². The molecule has 5 heteroatoms. The first kappa shape index (κ1) is 15.8. The Morgan fingerprint density at radius 1 is 1.41 bits per heavy atom. The molecule has 1 heterocycles. The number of nitrogens with zero attached hydrogens (tertiary/aromatic N) is 1. The lowest BCUT2D eigenvalue weighted by Crippen LogP contribution is -2.33. The summed E-state index contributed by atoms with van der Waals surface area (Å²) in [5.41, 5.74) is 1.84. The van der Waals surface area contributed by atoms with Crippen molar-refractivity contribution in [1.82, 2.24) is 10.3 Å². The van der Waals surface area contributed by atoms with Gasteiger partial charge >= 0.3 is 0 Å². The number of H-pyrrole nitrogens is 1. The fourth-order valence-electron chi connectivity index (χ4n) is 2.42. The third-order valence-electron chi connectivity index (χ3n) is 3.65. The zero-order chi connectivity index (χ0) is 16.1. The molecule has 5 nitrogen and oxygen atoms in total. The summed E-state index contributed by atoms with van der Waals surface area (Å²) < 4.78 is 0. The fraction of sp³-hybridized carbons (Fsp3) is 0.353. The largest absolute Gasteiger partial charge is 0.358 e. The van der Waals surface area contributed by atoms with Gasteiger partial charge in [0.05, 0.1) is 6.07 Å². The molecule has 1 atom stereocenters. The second-order valence-corrected chi connectivity index (χ2v) is 5.28. The lowest BCUT2D eigenvalue weighted by Gasteiger charge is -2.12. The van der Waals surface area contributed by atoms with Crippen molar-refractivity contribution < 1.29 is 4.79 Å². The SMILES string of the molecule is CCCNC(=O)[C@@H](C#N)Cc1c(C)[nH]c2ccccc2c1=O. The molecule has 2 N–H and O–H groups in total. The fourth-order valence-corrected chi connectivity index (χ4v) is 2.42. The molecular weight excluding hydrogens is 278 g/mol. The van der Waals surface area contributed by atoms with Gasteiger partial charge in [-0.3, -0.25) is 9.59 Å². The zero-order valence-electron chi connectivity index (χ0n) is 12.8. The molecule has 114 valence electrons. The predicted octanol–water partition coefficient (Wildman–Crippen LogP) is 2.04. The van der Waals surface area contributed by atoms with Crippen LogP contribution in [0, 0.1) is 24.2 Å². The van der Waals surface area contributed by atoms with E-state index in [1.807, 2.05) is 25.1 Å². The summed E-state index contributed by atoms with van der Waals surface area (Å²) in [6, 6.07) is 9.23. The number of hydrogen-bond acceptors (Lipinski definition) is 3. The van der Waals surface area contributed by atoms with Crippen molar-refractivity contribution >= 4 is 16.8 Å². The number of nitrogens with one attached hydrogen (secondary N) is 2. The van der Waals surface area contributed by atoms with Crippen LogP contribution < -0.4 is 10.7 Å². The summed E-state index contributed by atoms with van der Waals surface area (Å²) in [7, 11) is 0. The number of amides is 1. The third-order valence-corrected chi connectivity index (χ3v) is 3.65. The number of aromatic nitrogens is 1. The number of carbonyl (C=O) groups excluding carboxylic acids is 1. The molecule has 0 aliphatic carbocycles. The molecule has 2 rings (SSSR count). The average molecular weight is 297 g/mol. The molecule has 22 heavy (non-hydrogen) atoms. The minimum Gasteiger partial charge on any atom is -0.358 e. The molecule has 0 bridgehead atoms. The lowest BCUT2D eigenvalue weighted by molar-refractivity contribution is -0.123. The average Bonchev–Trinajstić information content (AvgIpc) is 2.52. The molecule has 1 aromatic heterocycles. The summed E-state index contributed by atoms with van der Waals surface area (Å²) in [5, 5.41) is 12.5. The van der Waals surface area contributed by atoms with E-state index in [9.17, 15) is 14.9 Å². The topological polar surface area (TPSA) is 85.8 Å². The number of rotatable bonds is 5. The Hall–Kier alpha value is -2.61. The van der Waals surface area contributed by atoms with Crippen LogP contribution in [0.3, 0.4) is 0 Å². The van der Waals surface area contributed by atoms with E-state index >= 15 is 0 Å². The maximum atomic E-state index is 12.6. The molecule has 0 saturated carbocycles. The molecule has 0 aliphatic rings. The zero-order valence-corrected chi connectivity index (χ0v) is 12.8. The van der Waals surface area contributed by atoms with Crippen LogP contribution in [-0.4, -0.2) is 17.4 Å². The number of benzene rings is 1. The molecule has 2 aromatic rings. The third kappa shape index (κ3) is 3.17. The minimum absolute atomic E-state index is 0.115. The Morgan fingerprint density at radius 2 is 2.14 bits per heavy atom. The van der Waals surface area contributed by atoms with Gasteiger partial charge in [0.25, 0.3) is 0 Å². The number of carbonyl (C=O) groups is 1. The van der Waals surface area contributed by atoms with Crippen LogP contribution in [0.1, 0.15) is 24.6 Å². The molecule has 1 amide bonds. The smallest absolute Gasteiger partial charge is 0.237 e. The van der Waals surface area contributed by atoms with E-state index in [0.717, 1.165) is 11.9 Å². The maximum absolute atomic E-state index is 12.6. The van der Waals surface area contributed by atoms with Gasteiger partial charge in [-0.2, -0.15) is 5.26 Å². The van der Waals surface area contributed by atoms with E-state index in [-0.39, 0.29) is 17.8 Å². The lowest BCUT2D eigenvalue weighted by atomic mass is 9.97. The molecular formula is C17H19N3O2. The quantitative estimate of drug-likeness (QED) is 0.885. The Kier molecular flexibility index (Phi) is 4.95. The molecule has 0 unspecified atom stereocenters. The van der Waals surface area contributed by atoms with Gasteiger partial charge in [0.1, 0.15) is 5.92 Å². The second-order valence-electron chi connectivity index (χ2n) is 5.28. The molecule has 1 aromatic carbocycles. The number of aryl methyl sites for hydroxylation is 1. The Bertz CT molecular complexity index is 787. The van der Waals surface area contributed by atoms with Crippen molar-refractivity contribution in [2.75, 3.05) is 6.54 Å². The van der Waals surface area contributed by atoms with Crippen molar-refractivity contribution in [2.45, 2.75) is 26.7 Å². The molecule has 0 radical (unpaired) electrons. The van der Waals surface area contributed by atoms with Crippen LogP contribution in [0.5, 0.6) is 0 Å². The van der Waals surface area contributed by atoms with Gasteiger partial charge in [0.15, 0.2) is 5.43 Å². The minimum atomic E-state index is -0.854. The van der Waals surface area contributed by atoms with Gasteiger partial charge in [-0.25, -0.2) is 0 Å². The van der Waals surface area contributed by atoms with Crippen molar-refractivity contribution in [1.29, 1.82) is 5.26 Å². The standard InChI is InChI=1S/C17H19N3O2/c1-3-8-19-17(22)12(10-18)9-14-11(2)20-15-7-5-4-6-13(15)16(14)21/h4-7,12H,3,8-9H2,1-2H3,(H,19,22)(H,20,21)/t12-/m1/s1. The van der Waals surface area contributed by atoms with E-state index in [1.165, 1.54) is 0 Å². The Morgan fingerprint density at radius 3 is 2.82 bits per heavy atom. The highest BCUT2D eigenvalue weighted by molar-refractivity contribution is 5.82. The van der Waals surface area contributed by atoms with E-state index < -0.39 is 5.92 Å². The number of fused-ring (bicyclic) bond motifs is 1. The van der Waals surface area contributed by atoms with Crippen molar-refractivity contribution in [3.05, 3.63) is 45.7 Å². The van der Waals surface area contributed by atoms with E-state index in [4.69, 9.17) is 0 Å². The molecule has 0 spiro atoms. The number of nitriles is 1. The molecule has 0 saturated heterocycles. The highest BCUT2D eigenvalue weighted by Crippen LogP contribution is 2.14. The maximum Gasteiger partial charge on any atom is 0.237 e. The number of para-hydroxylation sites is 1. The summed E-state index contributed by atoms with van der Waals surface area (Å²) >= 11 is 0. The highest BCUT2D eigenvalue weighted by atomic mass is 16.1. The summed E-state index contributed by atoms with van der Waals surface area (Å²) in [6.45, 7) is 4.27. The van der Waals surface area contributed by atoms with Crippen LogP contribution in [0.25, 0.3) is 10.9 Å². The van der Waals surface area contributed by atoms with Gasteiger partial charge in [-0.05, 0) is 25.5 Å². The van der Waals surface area contributed by atoms with Crippen molar-refractivity contribution in [2.24, 2.45) is 5.92 Å². The van der Waals surface area contributed by atoms with Crippen LogP contribution in [-0.2, 0) is 11.2 Å². The Labute approximate surface area is 129 Å². The predicted molar refractivity (Wildman–Crippen MR) is 85.4 cm³/mol. The summed E-state index contributed by atoms with van der Waals surface area (Å²) in [5.74, 6) is -1.18. The number of hydrogen-bond donors (Lipinski definition) is 2. The first-order chi connectivity index (χ1) is 10.6. The van der Waals surface area contributed by atoms with Crippen LogP contribution in [0.2, 0.25) is 0 Å². The highest BCUT2D eigenvalue weighted by Gasteiger charge is 2.21. The number of aromatic amines is 1. The molecule has 0 aliphatic heterocycles. The van der Waals surface area contributed by atoms with E-state index in [0.29, 0.717) is 23.2 Å².